The maximum absolute atomic E-state index is 13.0. The molecule has 0 aliphatic heterocycles. The van der Waals surface area contributed by atoms with E-state index in [9.17, 15) is 18.0 Å². The summed E-state index contributed by atoms with van der Waals surface area (Å²) in [6.07, 6.45) is -2.09. The average molecular weight is 472 g/mol. The number of nitrogens with zero attached hydrogens (tertiary/aromatic N) is 2. The number of carbonyl (C=O) groups excluding carboxylic acids is 1. The molecule has 0 aliphatic rings. The minimum absolute atomic E-state index is 0.165. The van der Waals surface area contributed by atoms with Gasteiger partial charge in [0.05, 0.1) is 7.11 Å². The van der Waals surface area contributed by atoms with Crippen LogP contribution < -0.4 is 15.0 Å². The quantitative estimate of drug-likeness (QED) is 0.458. The Morgan fingerprint density at radius 2 is 1.85 bits per heavy atom. The van der Waals surface area contributed by atoms with Crippen molar-refractivity contribution in [3.8, 4) is 5.75 Å². The number of ether oxygens (including phenoxy) is 1. The lowest BCUT2D eigenvalue weighted by molar-refractivity contribution is -0.141. The highest BCUT2D eigenvalue weighted by Crippen LogP contribution is 2.32. The summed E-state index contributed by atoms with van der Waals surface area (Å²) >= 11 is 0. The molecule has 2 aromatic carbocycles. The number of aromatic nitrogens is 1. The fraction of sp³-hybridized carbons (Fsp3) is 0.308. The highest BCUT2D eigenvalue weighted by Gasteiger charge is 2.32. The molecule has 1 unspecified atom stereocenters. The number of benzene rings is 2. The molecule has 0 bridgehead atoms. The van der Waals surface area contributed by atoms with Crippen LogP contribution in [0.4, 0.5) is 18.9 Å². The standard InChI is InChI=1S/C26H28F3N3O2/c1-18-11-13-21(16-22(18)34-3)32(24(25(33)30-2)20-9-5-4-6-10-20)15-7-8-19-12-14-23(31-17-19)26(27,28)29/h4-6,9-14,16-17,24H,7-8,15H2,1-3H3,(H,30,33). The highest BCUT2D eigenvalue weighted by molar-refractivity contribution is 5.86. The third kappa shape index (κ3) is 6.07. The van der Waals surface area contributed by atoms with Gasteiger partial charge in [0, 0.05) is 31.5 Å². The predicted octanol–water partition coefficient (Wildman–Crippen LogP) is 5.34. The minimum atomic E-state index is -4.46. The van der Waals surface area contributed by atoms with Gasteiger partial charge in [0.1, 0.15) is 17.5 Å². The van der Waals surface area contributed by atoms with Gasteiger partial charge >= 0.3 is 6.18 Å². The van der Waals surface area contributed by atoms with Crippen LogP contribution in [0.15, 0.2) is 66.9 Å². The number of anilines is 1. The summed E-state index contributed by atoms with van der Waals surface area (Å²) in [5.74, 6) is 0.542. The third-order valence-electron chi connectivity index (χ3n) is 5.62. The van der Waals surface area contributed by atoms with Crippen LogP contribution in [0.3, 0.4) is 0 Å². The highest BCUT2D eigenvalue weighted by atomic mass is 19.4. The second kappa shape index (κ2) is 11.0. The molecule has 3 aromatic rings. The summed E-state index contributed by atoms with van der Waals surface area (Å²) in [4.78, 5) is 18.5. The van der Waals surface area contributed by atoms with Gasteiger partial charge in [0.25, 0.3) is 0 Å². The Balaban J connectivity index is 1.89. The molecule has 1 atom stereocenters. The van der Waals surface area contributed by atoms with E-state index in [1.807, 2.05) is 60.4 Å². The van der Waals surface area contributed by atoms with E-state index in [4.69, 9.17) is 4.74 Å². The van der Waals surface area contributed by atoms with Crippen molar-refractivity contribution in [2.24, 2.45) is 0 Å². The summed E-state index contributed by atoms with van der Waals surface area (Å²) in [5, 5.41) is 2.75. The lowest BCUT2D eigenvalue weighted by Crippen LogP contribution is -2.40. The van der Waals surface area contributed by atoms with Crippen LogP contribution in [0.1, 0.15) is 34.8 Å². The lowest BCUT2D eigenvalue weighted by Gasteiger charge is -2.33. The summed E-state index contributed by atoms with van der Waals surface area (Å²) in [6.45, 7) is 2.43. The molecule has 3 rings (SSSR count). The first-order valence-electron chi connectivity index (χ1n) is 10.9. The zero-order chi connectivity index (χ0) is 24.7. The molecule has 0 aliphatic carbocycles. The number of halogens is 3. The van der Waals surface area contributed by atoms with Crippen LogP contribution >= 0.6 is 0 Å². The largest absolute Gasteiger partial charge is 0.496 e. The van der Waals surface area contributed by atoms with Gasteiger partial charge in [-0.05, 0) is 48.6 Å². The van der Waals surface area contributed by atoms with Gasteiger partial charge in [-0.3, -0.25) is 9.78 Å². The first kappa shape index (κ1) is 25.1. The van der Waals surface area contributed by atoms with Crippen molar-refractivity contribution in [2.75, 3.05) is 25.6 Å². The Morgan fingerprint density at radius 3 is 2.44 bits per heavy atom. The number of methoxy groups -OCH3 is 1. The number of likely N-dealkylation sites (N-methyl/N-ethyl adjacent to an activating group) is 1. The van der Waals surface area contributed by atoms with Crippen LogP contribution in [-0.2, 0) is 17.4 Å². The second-order valence-corrected chi connectivity index (χ2v) is 7.93. The molecule has 0 saturated carbocycles. The average Bonchev–Trinajstić information content (AvgIpc) is 2.84. The summed E-state index contributed by atoms with van der Waals surface area (Å²) < 4.78 is 43.9. The number of rotatable bonds is 9. The molecule has 1 N–H and O–H groups in total. The Hall–Kier alpha value is -3.55. The van der Waals surface area contributed by atoms with E-state index in [-0.39, 0.29) is 5.91 Å². The Labute approximate surface area is 197 Å². The molecular formula is C26H28F3N3O2. The summed E-state index contributed by atoms with van der Waals surface area (Å²) in [5.41, 5.74) is 2.40. The number of nitrogens with one attached hydrogen (secondary N) is 1. The zero-order valence-corrected chi connectivity index (χ0v) is 19.4. The fourth-order valence-corrected chi connectivity index (χ4v) is 3.83. The molecule has 5 nitrogen and oxygen atoms in total. The van der Waals surface area contributed by atoms with E-state index in [1.165, 1.54) is 12.3 Å². The molecule has 0 radical (unpaired) electrons. The third-order valence-corrected chi connectivity index (χ3v) is 5.62. The van der Waals surface area contributed by atoms with Gasteiger partial charge in [-0.2, -0.15) is 13.2 Å². The molecule has 0 saturated heterocycles. The first-order valence-corrected chi connectivity index (χ1v) is 10.9. The van der Waals surface area contributed by atoms with Gasteiger partial charge in [0.2, 0.25) is 5.91 Å². The Bertz CT molecular complexity index is 1090. The minimum Gasteiger partial charge on any atom is -0.496 e. The van der Waals surface area contributed by atoms with Crippen molar-refractivity contribution in [1.82, 2.24) is 10.3 Å². The molecule has 180 valence electrons. The predicted molar refractivity (Wildman–Crippen MR) is 126 cm³/mol. The molecule has 1 aromatic heterocycles. The first-order chi connectivity index (χ1) is 16.2. The number of carbonyl (C=O) groups is 1. The smallest absolute Gasteiger partial charge is 0.433 e. The van der Waals surface area contributed by atoms with Gasteiger partial charge in [-0.25, -0.2) is 0 Å². The summed E-state index contributed by atoms with van der Waals surface area (Å²) in [6, 6.07) is 17.1. The van der Waals surface area contributed by atoms with Crippen molar-refractivity contribution in [3.05, 3.63) is 89.2 Å². The second-order valence-electron chi connectivity index (χ2n) is 7.93. The van der Waals surface area contributed by atoms with E-state index in [2.05, 4.69) is 10.3 Å². The van der Waals surface area contributed by atoms with E-state index < -0.39 is 17.9 Å². The van der Waals surface area contributed by atoms with Gasteiger partial charge in [-0.15, -0.1) is 0 Å². The molecule has 8 heteroatoms. The van der Waals surface area contributed by atoms with Crippen molar-refractivity contribution in [1.29, 1.82) is 0 Å². The number of hydrogen-bond acceptors (Lipinski definition) is 4. The molecule has 34 heavy (non-hydrogen) atoms. The van der Waals surface area contributed by atoms with Gasteiger partial charge < -0.3 is 15.0 Å². The van der Waals surface area contributed by atoms with E-state index in [0.717, 1.165) is 22.9 Å². The van der Waals surface area contributed by atoms with Crippen LogP contribution in [0, 0.1) is 6.92 Å². The molecular weight excluding hydrogens is 443 g/mol. The van der Waals surface area contributed by atoms with Gasteiger partial charge in [0.15, 0.2) is 0 Å². The molecule has 1 amide bonds. The number of alkyl halides is 3. The monoisotopic (exact) mass is 471 g/mol. The maximum Gasteiger partial charge on any atom is 0.433 e. The SMILES string of the molecule is CNC(=O)C(c1ccccc1)N(CCCc1ccc(C(F)(F)F)nc1)c1ccc(C)c(OC)c1. The zero-order valence-electron chi connectivity index (χ0n) is 19.4. The van der Waals surface area contributed by atoms with Crippen LogP contribution in [-0.4, -0.2) is 31.6 Å². The van der Waals surface area contributed by atoms with Crippen LogP contribution in [0.2, 0.25) is 0 Å². The van der Waals surface area contributed by atoms with E-state index >= 15 is 0 Å². The fourth-order valence-electron chi connectivity index (χ4n) is 3.83. The van der Waals surface area contributed by atoms with Crippen LogP contribution in [0.25, 0.3) is 0 Å². The molecule has 0 fully saturated rings. The Kier molecular flexibility index (Phi) is 8.15. The Morgan fingerprint density at radius 1 is 1.12 bits per heavy atom. The normalized spacial score (nSPS) is 12.2. The molecule has 0 spiro atoms. The van der Waals surface area contributed by atoms with Crippen molar-refractivity contribution < 1.29 is 22.7 Å². The number of hydrogen-bond donors (Lipinski definition) is 1. The number of amides is 1. The van der Waals surface area contributed by atoms with E-state index in [0.29, 0.717) is 30.7 Å². The summed E-state index contributed by atoms with van der Waals surface area (Å²) in [7, 11) is 3.20. The number of aryl methyl sites for hydroxylation is 2. The van der Waals surface area contributed by atoms with Crippen molar-refractivity contribution >= 4 is 11.6 Å². The van der Waals surface area contributed by atoms with Crippen molar-refractivity contribution in [3.63, 3.8) is 0 Å². The van der Waals surface area contributed by atoms with Gasteiger partial charge in [-0.1, -0.05) is 42.5 Å². The van der Waals surface area contributed by atoms with Crippen molar-refractivity contribution in [2.45, 2.75) is 32.0 Å². The number of pyridine rings is 1. The van der Waals surface area contributed by atoms with Crippen LogP contribution in [0.5, 0.6) is 5.75 Å². The maximum atomic E-state index is 13.0. The molecule has 1 heterocycles. The van der Waals surface area contributed by atoms with E-state index in [1.54, 1.807) is 14.2 Å². The lowest BCUT2D eigenvalue weighted by atomic mass is 10.0. The topological polar surface area (TPSA) is 54.5 Å².